The van der Waals surface area contributed by atoms with Crippen molar-refractivity contribution < 1.29 is 13.3 Å². The first kappa shape index (κ1) is 31.6. The van der Waals surface area contributed by atoms with E-state index in [0.29, 0.717) is 11.5 Å². The van der Waals surface area contributed by atoms with Crippen molar-refractivity contribution >= 4 is 65.9 Å². The molecular weight excluding hydrogens is 701 g/mol. The van der Waals surface area contributed by atoms with Gasteiger partial charge >= 0.3 is 0 Å². The van der Waals surface area contributed by atoms with E-state index < -0.39 is 0 Å². The van der Waals surface area contributed by atoms with E-state index in [1.54, 1.807) is 0 Å². The molecule has 0 aliphatic heterocycles. The summed E-state index contributed by atoms with van der Waals surface area (Å²) in [4.78, 5) is 10.5. The van der Waals surface area contributed by atoms with E-state index in [2.05, 4.69) is 127 Å². The van der Waals surface area contributed by atoms with E-state index in [4.69, 9.17) is 23.2 Å². The van der Waals surface area contributed by atoms with E-state index >= 15 is 0 Å². The monoisotopic (exact) mass is 730 g/mol. The summed E-state index contributed by atoms with van der Waals surface area (Å²) in [5.74, 6) is 0.568. The van der Waals surface area contributed by atoms with Crippen LogP contribution in [0.2, 0.25) is 0 Å². The average molecular weight is 731 g/mol. The van der Waals surface area contributed by atoms with Crippen LogP contribution in [0, 0.1) is 0 Å². The zero-order valence-electron chi connectivity index (χ0n) is 30.4. The van der Waals surface area contributed by atoms with Crippen molar-refractivity contribution in [2.24, 2.45) is 0 Å². The van der Waals surface area contributed by atoms with Crippen LogP contribution in [0.4, 0.5) is 0 Å². The van der Waals surface area contributed by atoms with Gasteiger partial charge < -0.3 is 13.3 Å². The normalized spacial score (nSPS) is 11.9. The fourth-order valence-corrected chi connectivity index (χ4v) is 8.47. The van der Waals surface area contributed by atoms with E-state index in [0.717, 1.165) is 105 Å². The predicted octanol–water partition coefficient (Wildman–Crippen LogP) is 14.5. The topological polar surface area (TPSA) is 65.2 Å². The minimum absolute atomic E-state index is 0.540. The van der Waals surface area contributed by atoms with Gasteiger partial charge in [0.2, 0.25) is 5.71 Å². The molecule has 0 aliphatic carbocycles. The SMILES string of the molecule is c1ccc(-c2ccc3oc4cccc(-c5ccc6oc7cccc(-c8nc(-c9ccccc9)c9c(n8)oc8ccc(-c%10ccccc%10)cc89)c7c6c5)c4c3c2)cc1. The maximum atomic E-state index is 6.55. The fraction of sp³-hybridized carbons (Fsp3) is 0. The molecule has 0 unspecified atom stereocenters. The van der Waals surface area contributed by atoms with E-state index in [1.165, 1.54) is 5.56 Å². The van der Waals surface area contributed by atoms with Gasteiger partial charge in [-0.1, -0.05) is 133 Å². The van der Waals surface area contributed by atoms with E-state index in [9.17, 15) is 0 Å². The molecular formula is C52H30N2O3. The summed E-state index contributed by atoms with van der Waals surface area (Å²) >= 11 is 0. The molecule has 0 bridgehead atoms. The molecule has 0 aliphatic rings. The summed E-state index contributed by atoms with van der Waals surface area (Å²) in [7, 11) is 0. The first-order chi connectivity index (χ1) is 28.2. The van der Waals surface area contributed by atoms with Gasteiger partial charge in [-0.05, 0) is 81.9 Å². The van der Waals surface area contributed by atoms with E-state index in [-0.39, 0.29) is 0 Å². The van der Waals surface area contributed by atoms with Crippen molar-refractivity contribution in [2.45, 2.75) is 0 Å². The van der Waals surface area contributed by atoms with Crippen molar-refractivity contribution in [2.75, 3.05) is 0 Å². The number of hydrogen-bond donors (Lipinski definition) is 0. The van der Waals surface area contributed by atoms with Gasteiger partial charge in [0, 0.05) is 38.1 Å². The molecule has 0 atom stereocenters. The van der Waals surface area contributed by atoms with Gasteiger partial charge in [0.25, 0.3) is 0 Å². The Kier molecular flexibility index (Phi) is 6.86. The van der Waals surface area contributed by atoms with Crippen molar-refractivity contribution in [3.8, 4) is 56.0 Å². The van der Waals surface area contributed by atoms with Gasteiger partial charge in [-0.25, -0.2) is 4.98 Å². The van der Waals surface area contributed by atoms with Crippen LogP contribution in [0.25, 0.3) is 122 Å². The maximum Gasteiger partial charge on any atom is 0.231 e. The molecule has 8 aromatic carbocycles. The Morgan fingerprint density at radius 1 is 0.298 bits per heavy atom. The summed E-state index contributed by atoms with van der Waals surface area (Å²) in [6.45, 7) is 0. The minimum atomic E-state index is 0.540. The van der Waals surface area contributed by atoms with Crippen molar-refractivity contribution in [1.29, 1.82) is 0 Å². The summed E-state index contributed by atoms with van der Waals surface area (Å²) in [6, 6.07) is 62.7. The first-order valence-electron chi connectivity index (χ1n) is 19.1. The second kappa shape index (κ2) is 12.4. The number of benzene rings is 8. The highest BCUT2D eigenvalue weighted by atomic mass is 16.3. The number of aromatic nitrogens is 2. The Morgan fingerprint density at radius 3 is 1.37 bits per heavy atom. The van der Waals surface area contributed by atoms with Crippen LogP contribution < -0.4 is 0 Å². The molecule has 0 fully saturated rings. The molecule has 5 nitrogen and oxygen atoms in total. The van der Waals surface area contributed by atoms with Gasteiger partial charge in [0.1, 0.15) is 27.9 Å². The molecule has 57 heavy (non-hydrogen) atoms. The zero-order valence-corrected chi connectivity index (χ0v) is 30.4. The molecule has 12 aromatic rings. The van der Waals surface area contributed by atoms with Crippen LogP contribution in [0.15, 0.2) is 195 Å². The third-order valence-corrected chi connectivity index (χ3v) is 11.1. The molecule has 4 heterocycles. The molecule has 266 valence electrons. The van der Waals surface area contributed by atoms with Crippen molar-refractivity contribution in [3.05, 3.63) is 182 Å². The number of nitrogens with zero attached hydrogens (tertiary/aromatic N) is 2. The lowest BCUT2D eigenvalue weighted by Crippen LogP contribution is -1.94. The zero-order chi connectivity index (χ0) is 37.5. The highest BCUT2D eigenvalue weighted by molar-refractivity contribution is 6.17. The molecule has 0 amide bonds. The second-order valence-electron chi connectivity index (χ2n) is 14.5. The standard InChI is InChI=1S/C52H30N2O3/c1-4-12-31(13-5-1)34-22-25-42-39(28-34)47-37(18-10-20-45(47)55-42)36-24-27-43-40(30-36)48-38(19-11-21-46(48)56-43)51-53-50(33-16-8-3-9-17-33)49-41-29-35(32-14-6-2-7-15-32)23-26-44(41)57-52(49)54-51/h1-30H. The molecule has 0 N–H and O–H groups in total. The van der Waals surface area contributed by atoms with Crippen LogP contribution in [-0.4, -0.2) is 9.97 Å². The number of furan rings is 3. The summed E-state index contributed by atoms with van der Waals surface area (Å²) in [5.41, 5.74) is 14.0. The highest BCUT2D eigenvalue weighted by Crippen LogP contribution is 2.43. The van der Waals surface area contributed by atoms with Gasteiger partial charge in [0.15, 0.2) is 5.82 Å². The summed E-state index contributed by atoms with van der Waals surface area (Å²) in [6.07, 6.45) is 0. The Hall–Kier alpha value is -7.76. The van der Waals surface area contributed by atoms with Crippen molar-refractivity contribution in [3.63, 3.8) is 0 Å². The second-order valence-corrected chi connectivity index (χ2v) is 14.5. The molecule has 0 saturated carbocycles. The largest absolute Gasteiger partial charge is 0.456 e. The van der Waals surface area contributed by atoms with Crippen molar-refractivity contribution in [1.82, 2.24) is 9.97 Å². The van der Waals surface area contributed by atoms with Gasteiger partial charge in [-0.3, -0.25) is 0 Å². The molecule has 5 heteroatoms. The third-order valence-electron chi connectivity index (χ3n) is 11.1. The fourth-order valence-electron chi connectivity index (χ4n) is 8.47. The molecule has 4 aromatic heterocycles. The molecule has 12 rings (SSSR count). The Morgan fingerprint density at radius 2 is 0.772 bits per heavy atom. The van der Waals surface area contributed by atoms with Crippen LogP contribution in [0.1, 0.15) is 0 Å². The van der Waals surface area contributed by atoms with Crippen LogP contribution in [0.5, 0.6) is 0 Å². The third kappa shape index (κ3) is 5.03. The summed E-state index contributed by atoms with van der Waals surface area (Å²) in [5, 5.41) is 5.96. The van der Waals surface area contributed by atoms with E-state index in [1.807, 2.05) is 54.6 Å². The maximum absolute atomic E-state index is 6.55. The molecule has 0 spiro atoms. The van der Waals surface area contributed by atoms with Crippen LogP contribution >= 0.6 is 0 Å². The lowest BCUT2D eigenvalue weighted by Gasteiger charge is -2.08. The summed E-state index contributed by atoms with van der Waals surface area (Å²) < 4.78 is 19.5. The number of rotatable bonds is 5. The van der Waals surface area contributed by atoms with Gasteiger partial charge in [-0.15, -0.1) is 0 Å². The average Bonchev–Trinajstić information content (AvgIpc) is 3.97. The lowest BCUT2D eigenvalue weighted by atomic mass is 9.96. The van der Waals surface area contributed by atoms with Crippen LogP contribution in [-0.2, 0) is 0 Å². The number of fused-ring (bicyclic) bond motifs is 9. The lowest BCUT2D eigenvalue weighted by molar-refractivity contribution is 0.653. The molecule has 0 saturated heterocycles. The van der Waals surface area contributed by atoms with Crippen LogP contribution in [0.3, 0.4) is 0 Å². The Balaban J connectivity index is 1.07. The highest BCUT2D eigenvalue weighted by Gasteiger charge is 2.22. The number of hydrogen-bond acceptors (Lipinski definition) is 5. The predicted molar refractivity (Wildman–Crippen MR) is 231 cm³/mol. The smallest absolute Gasteiger partial charge is 0.231 e. The minimum Gasteiger partial charge on any atom is -0.456 e. The van der Waals surface area contributed by atoms with Gasteiger partial charge in [0.05, 0.1) is 11.1 Å². The Bertz CT molecular complexity index is 3510. The van der Waals surface area contributed by atoms with Gasteiger partial charge in [-0.2, -0.15) is 4.98 Å². The quantitative estimate of drug-likeness (QED) is 0.176. The molecule has 0 radical (unpaired) electrons. The first-order valence-corrected chi connectivity index (χ1v) is 19.1. The Labute approximate surface area is 326 Å².